The first-order chi connectivity index (χ1) is 19.1. The van der Waals surface area contributed by atoms with E-state index in [9.17, 15) is 5.11 Å². The van der Waals surface area contributed by atoms with E-state index < -0.39 is 6.10 Å². The van der Waals surface area contributed by atoms with Gasteiger partial charge in [0.05, 0.1) is 25.7 Å². The van der Waals surface area contributed by atoms with Crippen molar-refractivity contribution in [2.75, 3.05) is 20.2 Å². The second-order valence-electron chi connectivity index (χ2n) is 12.2. The van der Waals surface area contributed by atoms with Crippen LogP contribution in [0.25, 0.3) is 32.4 Å². The molecule has 1 aliphatic carbocycles. The van der Waals surface area contributed by atoms with Crippen molar-refractivity contribution in [3.63, 3.8) is 0 Å². The molecule has 5 aromatic rings. The molecule has 0 spiro atoms. The van der Waals surface area contributed by atoms with Gasteiger partial charge < -0.3 is 14.3 Å². The molecule has 0 radical (unpaired) electrons. The van der Waals surface area contributed by atoms with E-state index in [1.807, 2.05) is 24.4 Å². The molecular formula is C35H35N2O2+. The van der Waals surface area contributed by atoms with E-state index in [1.165, 1.54) is 40.1 Å². The van der Waals surface area contributed by atoms with Crippen LogP contribution in [0.15, 0.2) is 85.1 Å². The highest BCUT2D eigenvalue weighted by atomic mass is 16.5. The summed E-state index contributed by atoms with van der Waals surface area (Å²) in [4.78, 5) is 4.62. The van der Waals surface area contributed by atoms with Crippen LogP contribution in [0.2, 0.25) is 0 Å². The van der Waals surface area contributed by atoms with E-state index in [0.717, 1.165) is 52.1 Å². The van der Waals surface area contributed by atoms with Crippen molar-refractivity contribution in [1.29, 1.82) is 0 Å². The second kappa shape index (κ2) is 8.27. The fourth-order valence-electron chi connectivity index (χ4n) is 9.34. The molecule has 4 heteroatoms. The molecular weight excluding hydrogens is 480 g/mol. The van der Waals surface area contributed by atoms with Crippen LogP contribution in [-0.2, 0) is 6.54 Å². The molecule has 1 saturated carbocycles. The van der Waals surface area contributed by atoms with Gasteiger partial charge in [-0.3, -0.25) is 4.98 Å². The van der Waals surface area contributed by atoms with Crippen molar-refractivity contribution >= 4 is 32.4 Å². The largest absolute Gasteiger partial charge is 0.497 e. The van der Waals surface area contributed by atoms with Crippen molar-refractivity contribution in [3.05, 3.63) is 96.2 Å². The second-order valence-corrected chi connectivity index (χ2v) is 12.2. The molecule has 4 unspecified atom stereocenters. The number of methoxy groups -OCH3 is 1. The molecule has 4 heterocycles. The van der Waals surface area contributed by atoms with Gasteiger partial charge in [0.15, 0.2) is 0 Å². The molecule has 9 rings (SSSR count). The van der Waals surface area contributed by atoms with Gasteiger partial charge in [-0.05, 0) is 69.8 Å². The lowest BCUT2D eigenvalue weighted by molar-refractivity contribution is -0.970. The van der Waals surface area contributed by atoms with Gasteiger partial charge in [0.25, 0.3) is 0 Å². The van der Waals surface area contributed by atoms with Crippen LogP contribution in [-0.4, -0.2) is 40.8 Å². The number of rotatable bonds is 6. The third kappa shape index (κ3) is 3.10. The first-order valence-corrected chi connectivity index (χ1v) is 14.5. The predicted octanol–water partition coefficient (Wildman–Crippen LogP) is 7.03. The molecule has 4 nitrogen and oxygen atoms in total. The molecule has 0 amide bonds. The Balaban J connectivity index is 1.31. The van der Waals surface area contributed by atoms with Gasteiger partial charge in [-0.15, -0.1) is 0 Å². The Bertz CT molecular complexity index is 1710. The molecule has 6 atom stereocenters. The maximum Gasteiger partial charge on any atom is 0.132 e. The van der Waals surface area contributed by atoms with Crippen LogP contribution in [0.4, 0.5) is 0 Å². The number of aliphatic hydroxyl groups is 1. The highest BCUT2D eigenvalue weighted by Gasteiger charge is 2.82. The van der Waals surface area contributed by atoms with Crippen LogP contribution >= 0.6 is 0 Å². The molecule has 3 saturated heterocycles. The third-order valence-electron chi connectivity index (χ3n) is 10.9. The Hall–Kier alpha value is -3.47. The quantitative estimate of drug-likeness (QED) is 0.195. The van der Waals surface area contributed by atoms with E-state index in [2.05, 4.69) is 72.6 Å². The summed E-state index contributed by atoms with van der Waals surface area (Å²) in [6, 6.07) is 28.3. The van der Waals surface area contributed by atoms with Crippen molar-refractivity contribution in [2.24, 2.45) is 17.3 Å². The zero-order chi connectivity index (χ0) is 26.4. The number of nitrogens with zero attached hydrogens (tertiary/aromatic N) is 2. The van der Waals surface area contributed by atoms with E-state index in [1.54, 1.807) is 7.11 Å². The maximum atomic E-state index is 12.5. The molecule has 1 aromatic heterocycles. The zero-order valence-corrected chi connectivity index (χ0v) is 22.7. The Labute approximate surface area is 229 Å². The maximum absolute atomic E-state index is 12.5. The molecule has 4 aliphatic rings. The lowest BCUT2D eigenvalue weighted by Gasteiger charge is -2.51. The summed E-state index contributed by atoms with van der Waals surface area (Å²) >= 11 is 0. The molecule has 4 aromatic carbocycles. The van der Waals surface area contributed by atoms with Gasteiger partial charge in [0.1, 0.15) is 24.4 Å². The number of quaternary nitrogens is 1. The van der Waals surface area contributed by atoms with Crippen LogP contribution in [0.5, 0.6) is 5.75 Å². The first kappa shape index (κ1) is 23.4. The normalized spacial score (nSPS) is 29.7. The average Bonchev–Trinajstić information content (AvgIpc) is 3.55. The smallest absolute Gasteiger partial charge is 0.132 e. The summed E-state index contributed by atoms with van der Waals surface area (Å²) in [7, 11) is 1.70. The highest BCUT2D eigenvalue weighted by molar-refractivity contribution is 6.02. The van der Waals surface area contributed by atoms with E-state index in [0.29, 0.717) is 5.92 Å². The van der Waals surface area contributed by atoms with Crippen molar-refractivity contribution in [3.8, 4) is 5.75 Å². The van der Waals surface area contributed by atoms with E-state index >= 15 is 0 Å². The van der Waals surface area contributed by atoms with Gasteiger partial charge in [-0.25, -0.2) is 0 Å². The first-order valence-electron chi connectivity index (χ1n) is 14.5. The summed E-state index contributed by atoms with van der Waals surface area (Å²) in [6.07, 6.45) is 3.71. The summed E-state index contributed by atoms with van der Waals surface area (Å²) in [5.41, 5.74) is 3.56. The molecule has 196 valence electrons. The van der Waals surface area contributed by atoms with Gasteiger partial charge in [0.2, 0.25) is 0 Å². The summed E-state index contributed by atoms with van der Waals surface area (Å²) < 4.78 is 6.54. The number of piperidine rings is 3. The van der Waals surface area contributed by atoms with Gasteiger partial charge in [0, 0.05) is 34.9 Å². The standard InChI is InChI=1S/C35H35N2O2/c1-3-35-30-15-17-37(21-31(30)35,20-29-25-10-6-4-8-22(25)18-23-9-5-7-11-26(23)29)34(35)33(38)27-14-16-36-32-13-12-24(39-2)19-28(27)32/h4-14,16,18-19,30-31,33-34,38H,3,15,17,20-21H2,1-2H3/q+1/t30?,31?,33-,34-,35?,37?/m1/s1. The van der Waals surface area contributed by atoms with Crippen LogP contribution in [0.3, 0.4) is 0 Å². The van der Waals surface area contributed by atoms with E-state index in [4.69, 9.17) is 4.74 Å². The van der Waals surface area contributed by atoms with Crippen LogP contribution in [0.1, 0.15) is 37.0 Å². The lowest BCUT2D eigenvalue weighted by atomic mass is 9.78. The summed E-state index contributed by atoms with van der Waals surface area (Å²) in [5.74, 6) is 2.26. The molecule has 3 aliphatic heterocycles. The minimum atomic E-state index is -0.556. The minimum Gasteiger partial charge on any atom is -0.497 e. The van der Waals surface area contributed by atoms with Gasteiger partial charge in [-0.1, -0.05) is 55.5 Å². The molecule has 39 heavy (non-hydrogen) atoms. The minimum absolute atomic E-state index is 0.167. The highest BCUT2D eigenvalue weighted by Crippen LogP contribution is 2.76. The lowest BCUT2D eigenvalue weighted by Crippen LogP contribution is -2.61. The number of hydrogen-bond acceptors (Lipinski definition) is 3. The molecule has 4 bridgehead atoms. The Morgan fingerprint density at radius 2 is 1.69 bits per heavy atom. The van der Waals surface area contributed by atoms with Gasteiger partial charge >= 0.3 is 0 Å². The fourth-order valence-corrected chi connectivity index (χ4v) is 9.34. The Kier molecular flexibility index (Phi) is 4.96. The number of fused-ring (bicyclic) bond motifs is 4. The predicted molar refractivity (Wildman–Crippen MR) is 157 cm³/mol. The van der Waals surface area contributed by atoms with Crippen molar-refractivity contribution < 1.29 is 14.3 Å². The Morgan fingerprint density at radius 3 is 2.41 bits per heavy atom. The molecule has 4 fully saturated rings. The average molecular weight is 516 g/mol. The number of aliphatic hydroxyl groups excluding tert-OH is 1. The molecule has 1 N–H and O–H groups in total. The van der Waals surface area contributed by atoms with Crippen LogP contribution < -0.4 is 4.74 Å². The number of hydrogen-bond donors (Lipinski definition) is 1. The number of aromatic nitrogens is 1. The number of ether oxygens (including phenoxy) is 1. The van der Waals surface area contributed by atoms with Crippen LogP contribution in [0, 0.1) is 17.3 Å². The fraction of sp³-hybridized carbons (Fsp3) is 0.343. The summed E-state index contributed by atoms with van der Waals surface area (Å²) in [5, 5.41) is 18.8. The summed E-state index contributed by atoms with van der Waals surface area (Å²) in [6.45, 7) is 5.62. The number of pyridine rings is 1. The van der Waals surface area contributed by atoms with Crippen molar-refractivity contribution in [2.45, 2.75) is 38.5 Å². The van der Waals surface area contributed by atoms with E-state index in [-0.39, 0.29) is 11.5 Å². The number of benzene rings is 4. The SMILES string of the molecule is CCC12C3CC[N+](Cc4c5ccccc5cc5ccccc45)(CC31)[C@@H]2[C@H](O)c1ccnc2ccc(OC)cc12. The monoisotopic (exact) mass is 515 g/mol. The topological polar surface area (TPSA) is 42.4 Å². The van der Waals surface area contributed by atoms with Crippen molar-refractivity contribution in [1.82, 2.24) is 4.98 Å². The van der Waals surface area contributed by atoms with Gasteiger partial charge in [-0.2, -0.15) is 0 Å². The zero-order valence-electron chi connectivity index (χ0n) is 22.7. The third-order valence-corrected chi connectivity index (χ3v) is 10.9. The Morgan fingerprint density at radius 1 is 0.949 bits per heavy atom.